The lowest BCUT2D eigenvalue weighted by Gasteiger charge is -2.33. The molecule has 6 heteroatoms. The van der Waals surface area contributed by atoms with Crippen LogP contribution in [0, 0.1) is 11.3 Å². The first-order valence-corrected chi connectivity index (χ1v) is 10.8. The molecule has 0 radical (unpaired) electrons. The molecule has 0 amide bonds. The van der Waals surface area contributed by atoms with E-state index in [1.54, 1.807) is 0 Å². The minimum Gasteiger partial charge on any atom is -0.366 e. The Kier molecular flexibility index (Phi) is 4.36. The number of nitrogens with one attached hydrogen (secondary N) is 1. The number of benzene rings is 1. The van der Waals surface area contributed by atoms with Crippen LogP contribution in [0.5, 0.6) is 0 Å². The van der Waals surface area contributed by atoms with Crippen molar-refractivity contribution in [3.05, 3.63) is 57.3 Å². The maximum Gasteiger partial charge on any atom is 0.171 e. The normalized spacial score (nSPS) is 17.6. The molecule has 0 saturated heterocycles. The van der Waals surface area contributed by atoms with Gasteiger partial charge in [-0.05, 0) is 59.3 Å². The maximum absolute atomic E-state index is 9.16. The molecule has 2 heterocycles. The predicted octanol–water partition coefficient (Wildman–Crippen LogP) is 5.12. The number of fused-ring (bicyclic) bond motifs is 3. The van der Waals surface area contributed by atoms with E-state index in [1.807, 2.05) is 35.0 Å². The number of aromatic nitrogens is 3. The number of nitriles is 1. The lowest BCUT2D eigenvalue weighted by atomic mass is 9.72. The summed E-state index contributed by atoms with van der Waals surface area (Å²) in [6.45, 7) is 0.658. The van der Waals surface area contributed by atoms with E-state index in [4.69, 9.17) is 10.2 Å². The Morgan fingerprint density at radius 3 is 2.89 bits per heavy atom. The van der Waals surface area contributed by atoms with Crippen LogP contribution in [0.1, 0.15) is 60.9 Å². The smallest absolute Gasteiger partial charge is 0.171 e. The number of hydrogen-bond acceptors (Lipinski definition) is 4. The van der Waals surface area contributed by atoms with Gasteiger partial charge < -0.3 is 5.32 Å². The van der Waals surface area contributed by atoms with Gasteiger partial charge in [0.1, 0.15) is 5.82 Å². The summed E-state index contributed by atoms with van der Waals surface area (Å²) in [6, 6.07) is 9.98. The van der Waals surface area contributed by atoms with Crippen LogP contribution in [0.4, 0.5) is 5.82 Å². The van der Waals surface area contributed by atoms with Gasteiger partial charge in [-0.25, -0.2) is 4.98 Å². The van der Waals surface area contributed by atoms with Crippen LogP contribution in [0.2, 0.25) is 0 Å². The lowest BCUT2D eigenvalue weighted by Crippen LogP contribution is -2.27. The zero-order chi connectivity index (χ0) is 19.1. The predicted molar refractivity (Wildman–Crippen MR) is 112 cm³/mol. The zero-order valence-corrected chi connectivity index (χ0v) is 17.3. The van der Waals surface area contributed by atoms with Crippen LogP contribution < -0.4 is 5.32 Å². The van der Waals surface area contributed by atoms with Gasteiger partial charge in [-0.2, -0.15) is 14.9 Å². The highest BCUT2D eigenvalue weighted by atomic mass is 79.9. The van der Waals surface area contributed by atoms with Crippen molar-refractivity contribution in [3.8, 4) is 6.07 Å². The average Bonchev–Trinajstić information content (AvgIpc) is 3.28. The Hall–Kier alpha value is -2.39. The van der Waals surface area contributed by atoms with E-state index < -0.39 is 0 Å². The molecule has 0 unspecified atom stereocenters. The number of hydrogen-bond donors (Lipinski definition) is 1. The van der Waals surface area contributed by atoms with Gasteiger partial charge >= 0.3 is 0 Å². The molecule has 0 bridgehead atoms. The summed E-state index contributed by atoms with van der Waals surface area (Å²) in [5.74, 6) is 1.05. The van der Waals surface area contributed by atoms with Crippen molar-refractivity contribution in [3.63, 3.8) is 0 Å². The summed E-state index contributed by atoms with van der Waals surface area (Å²) in [5, 5.41) is 17.3. The van der Waals surface area contributed by atoms with E-state index in [2.05, 4.69) is 32.4 Å². The summed E-state index contributed by atoms with van der Waals surface area (Å²) in [4.78, 5) is 5.11. The minimum atomic E-state index is 0.246. The minimum absolute atomic E-state index is 0.246. The van der Waals surface area contributed by atoms with Gasteiger partial charge in [-0.1, -0.05) is 31.4 Å². The summed E-state index contributed by atoms with van der Waals surface area (Å²) in [5.41, 5.74) is 5.52. The van der Waals surface area contributed by atoms with Crippen LogP contribution in [0.25, 0.3) is 5.65 Å². The van der Waals surface area contributed by atoms with E-state index in [9.17, 15) is 0 Å². The molecular formula is C22H22BrN5. The molecule has 0 aliphatic heterocycles. The second-order valence-electron chi connectivity index (χ2n) is 8.02. The molecule has 1 saturated carbocycles. The van der Waals surface area contributed by atoms with Gasteiger partial charge in [0, 0.05) is 17.5 Å². The fourth-order valence-corrected chi connectivity index (χ4v) is 5.34. The van der Waals surface area contributed by atoms with Gasteiger partial charge in [0.2, 0.25) is 0 Å². The monoisotopic (exact) mass is 435 g/mol. The molecule has 1 spiro atoms. The molecule has 28 heavy (non-hydrogen) atoms. The lowest BCUT2D eigenvalue weighted by molar-refractivity contribution is 0.286. The van der Waals surface area contributed by atoms with Crippen molar-refractivity contribution in [2.75, 3.05) is 5.32 Å². The fourth-order valence-electron chi connectivity index (χ4n) is 4.99. The summed E-state index contributed by atoms with van der Waals surface area (Å²) in [7, 11) is 0. The highest BCUT2D eigenvalue weighted by Crippen LogP contribution is 2.50. The number of rotatable bonds is 3. The first-order valence-electron chi connectivity index (χ1n) is 10.00. The van der Waals surface area contributed by atoms with E-state index in [0.717, 1.165) is 27.9 Å². The standard InChI is InChI=1S/C22H22BrN5/c23-18-14-26-28-20(25-13-16-6-4-5-15(11-16)12-24)17-7-10-22(8-2-1-3-9-22)19(17)27-21(18)28/h4-6,11,14,25H,1-3,7-10,13H2. The van der Waals surface area contributed by atoms with Gasteiger partial charge in [-0.3, -0.25) is 0 Å². The summed E-state index contributed by atoms with van der Waals surface area (Å²) >= 11 is 3.63. The van der Waals surface area contributed by atoms with Crippen LogP contribution >= 0.6 is 15.9 Å². The third kappa shape index (κ3) is 2.80. The van der Waals surface area contributed by atoms with Crippen molar-refractivity contribution < 1.29 is 0 Å². The molecule has 2 aliphatic rings. The first kappa shape index (κ1) is 17.7. The van der Waals surface area contributed by atoms with Crippen LogP contribution in [-0.4, -0.2) is 14.6 Å². The van der Waals surface area contributed by atoms with Gasteiger partial charge in [-0.15, -0.1) is 0 Å². The molecule has 0 atom stereocenters. The molecule has 1 aromatic carbocycles. The molecule has 142 valence electrons. The number of halogens is 1. The third-order valence-corrected chi connectivity index (χ3v) is 6.94. The highest BCUT2D eigenvalue weighted by Gasteiger charge is 2.43. The molecule has 1 fully saturated rings. The van der Waals surface area contributed by atoms with E-state index in [0.29, 0.717) is 12.1 Å². The molecule has 2 aliphatic carbocycles. The molecule has 1 N–H and O–H groups in total. The van der Waals surface area contributed by atoms with Crippen LogP contribution in [0.3, 0.4) is 0 Å². The molecule has 2 aromatic heterocycles. The topological polar surface area (TPSA) is 66.0 Å². The summed E-state index contributed by atoms with van der Waals surface area (Å²) in [6.07, 6.45) is 10.5. The van der Waals surface area contributed by atoms with Crippen molar-refractivity contribution in [2.24, 2.45) is 0 Å². The van der Waals surface area contributed by atoms with Crippen LogP contribution in [0.15, 0.2) is 34.9 Å². The highest BCUT2D eigenvalue weighted by molar-refractivity contribution is 9.10. The maximum atomic E-state index is 9.16. The summed E-state index contributed by atoms with van der Waals surface area (Å²) < 4.78 is 2.86. The fraction of sp³-hybridized carbons (Fsp3) is 0.409. The Balaban J connectivity index is 1.57. The third-order valence-electron chi connectivity index (χ3n) is 6.38. The van der Waals surface area contributed by atoms with E-state index in [-0.39, 0.29) is 5.41 Å². The van der Waals surface area contributed by atoms with Gasteiger partial charge in [0.05, 0.1) is 28.0 Å². The first-order chi connectivity index (χ1) is 13.7. The molecule has 5 nitrogen and oxygen atoms in total. The van der Waals surface area contributed by atoms with Crippen molar-refractivity contribution in [1.29, 1.82) is 5.26 Å². The van der Waals surface area contributed by atoms with Gasteiger partial charge in [0.25, 0.3) is 0 Å². The second-order valence-corrected chi connectivity index (χ2v) is 8.88. The Morgan fingerprint density at radius 1 is 1.21 bits per heavy atom. The Bertz CT molecular complexity index is 1090. The molecular weight excluding hydrogens is 414 g/mol. The molecule has 5 rings (SSSR count). The van der Waals surface area contributed by atoms with Gasteiger partial charge in [0.15, 0.2) is 5.65 Å². The second kappa shape index (κ2) is 6.89. The van der Waals surface area contributed by atoms with Crippen molar-refractivity contribution >= 4 is 27.4 Å². The van der Waals surface area contributed by atoms with Crippen molar-refractivity contribution in [2.45, 2.75) is 56.9 Å². The zero-order valence-electron chi connectivity index (χ0n) is 15.7. The number of nitrogens with zero attached hydrogens (tertiary/aromatic N) is 4. The quantitative estimate of drug-likeness (QED) is 0.619. The van der Waals surface area contributed by atoms with E-state index in [1.165, 1.54) is 49.8 Å². The van der Waals surface area contributed by atoms with E-state index >= 15 is 0 Å². The SMILES string of the molecule is N#Cc1cccc(CNc2c3c(nc4c(Br)cnn24)C2(CCCCC2)CC3)c1. The Morgan fingerprint density at radius 2 is 2.07 bits per heavy atom. The molecule has 3 aromatic rings. The Labute approximate surface area is 172 Å². The average molecular weight is 436 g/mol. The van der Waals surface area contributed by atoms with Crippen LogP contribution in [-0.2, 0) is 18.4 Å². The largest absolute Gasteiger partial charge is 0.366 e. The van der Waals surface area contributed by atoms with Crippen molar-refractivity contribution in [1.82, 2.24) is 14.6 Å². The number of anilines is 1.